The van der Waals surface area contributed by atoms with E-state index in [-0.39, 0.29) is 0 Å². The summed E-state index contributed by atoms with van der Waals surface area (Å²) in [6, 6.07) is 6.12. The van der Waals surface area contributed by atoms with Crippen LogP contribution in [0.15, 0.2) is 22.7 Å². The number of nitrogens with one attached hydrogen (secondary N) is 1. The average molecular weight is 312 g/mol. The van der Waals surface area contributed by atoms with Crippen LogP contribution in [0, 0.1) is 5.92 Å². The van der Waals surface area contributed by atoms with E-state index in [9.17, 15) is 5.11 Å². The molecule has 0 saturated heterocycles. The van der Waals surface area contributed by atoms with Crippen LogP contribution < -0.4 is 5.32 Å². The molecule has 1 fully saturated rings. The van der Waals surface area contributed by atoms with Crippen molar-refractivity contribution in [3.8, 4) is 5.75 Å². The van der Waals surface area contributed by atoms with Crippen molar-refractivity contribution in [3.63, 3.8) is 0 Å². The largest absolute Gasteiger partial charge is 0.508 e. The third-order valence-electron chi connectivity index (χ3n) is 4.01. The first-order chi connectivity index (χ1) is 8.66. The zero-order valence-corrected chi connectivity index (χ0v) is 12.5. The Morgan fingerprint density at radius 2 is 2.06 bits per heavy atom. The summed E-state index contributed by atoms with van der Waals surface area (Å²) in [5.74, 6) is 1.18. The summed E-state index contributed by atoms with van der Waals surface area (Å²) < 4.78 is 1.02. The highest BCUT2D eigenvalue weighted by molar-refractivity contribution is 9.10. The number of benzene rings is 1. The second kappa shape index (κ2) is 6.58. The highest BCUT2D eigenvalue weighted by Crippen LogP contribution is 2.27. The van der Waals surface area contributed by atoms with Crippen molar-refractivity contribution in [2.45, 2.75) is 51.6 Å². The smallest absolute Gasteiger partial charge is 0.120 e. The molecule has 1 saturated carbocycles. The molecule has 0 amide bonds. The van der Waals surface area contributed by atoms with Gasteiger partial charge in [0.05, 0.1) is 0 Å². The van der Waals surface area contributed by atoms with Crippen molar-refractivity contribution in [3.05, 3.63) is 28.2 Å². The van der Waals surface area contributed by atoms with Crippen LogP contribution in [0.25, 0.3) is 0 Å². The molecule has 1 aliphatic rings. The van der Waals surface area contributed by atoms with Crippen LogP contribution in [0.1, 0.15) is 44.6 Å². The monoisotopic (exact) mass is 311 g/mol. The molecule has 2 rings (SSSR count). The van der Waals surface area contributed by atoms with Crippen molar-refractivity contribution in [2.24, 2.45) is 5.92 Å². The molecular weight excluding hydrogens is 290 g/mol. The summed E-state index contributed by atoms with van der Waals surface area (Å²) in [4.78, 5) is 0. The van der Waals surface area contributed by atoms with Gasteiger partial charge in [-0.2, -0.15) is 0 Å². The molecule has 0 spiro atoms. The highest BCUT2D eigenvalue weighted by atomic mass is 79.9. The second-order valence-corrected chi connectivity index (χ2v) is 6.26. The molecule has 18 heavy (non-hydrogen) atoms. The molecule has 2 N–H and O–H groups in total. The maximum absolute atomic E-state index is 9.80. The van der Waals surface area contributed by atoms with Gasteiger partial charge >= 0.3 is 0 Å². The quantitative estimate of drug-likeness (QED) is 0.873. The van der Waals surface area contributed by atoms with Gasteiger partial charge in [-0.1, -0.05) is 35.2 Å². The topological polar surface area (TPSA) is 32.3 Å². The van der Waals surface area contributed by atoms with Gasteiger partial charge in [-0.3, -0.25) is 0 Å². The molecule has 0 aromatic heterocycles. The molecule has 100 valence electrons. The zero-order chi connectivity index (χ0) is 13.0. The van der Waals surface area contributed by atoms with E-state index in [1.165, 1.54) is 32.1 Å². The lowest BCUT2D eigenvalue weighted by Crippen LogP contribution is -2.34. The summed E-state index contributed by atoms with van der Waals surface area (Å²) in [5, 5.41) is 13.4. The number of hydrogen-bond acceptors (Lipinski definition) is 2. The van der Waals surface area contributed by atoms with Gasteiger partial charge in [0.2, 0.25) is 0 Å². The molecule has 1 aromatic rings. The van der Waals surface area contributed by atoms with Crippen molar-refractivity contribution < 1.29 is 5.11 Å². The molecule has 0 bridgehead atoms. The minimum absolute atomic E-state index is 0.376. The minimum Gasteiger partial charge on any atom is -0.508 e. The van der Waals surface area contributed by atoms with Crippen LogP contribution in [0.2, 0.25) is 0 Å². The summed E-state index contributed by atoms with van der Waals surface area (Å²) in [7, 11) is 0. The van der Waals surface area contributed by atoms with E-state index in [4.69, 9.17) is 0 Å². The fraction of sp³-hybridized carbons (Fsp3) is 0.600. The lowest BCUT2D eigenvalue weighted by molar-refractivity contribution is 0.280. The Kier molecular flexibility index (Phi) is 5.07. The second-order valence-electron chi connectivity index (χ2n) is 5.34. The first-order valence-corrected chi connectivity index (χ1v) is 7.67. The molecule has 1 aliphatic carbocycles. The fourth-order valence-electron chi connectivity index (χ4n) is 2.77. The van der Waals surface area contributed by atoms with Crippen LogP contribution >= 0.6 is 15.9 Å². The SMILES string of the molecule is C[C@@H](NCc1cc(Br)ccc1O)C1CCCCC1. The Morgan fingerprint density at radius 1 is 1.33 bits per heavy atom. The standard InChI is InChI=1S/C15H22BrNO/c1-11(12-5-3-2-4-6-12)17-10-13-9-14(16)7-8-15(13)18/h7-9,11-12,17-18H,2-6,10H2,1H3/t11-/m1/s1. The van der Waals surface area contributed by atoms with Gasteiger partial charge < -0.3 is 10.4 Å². The van der Waals surface area contributed by atoms with Crippen molar-refractivity contribution in [1.82, 2.24) is 5.32 Å². The van der Waals surface area contributed by atoms with Gasteiger partial charge in [-0.05, 0) is 43.9 Å². The summed E-state index contributed by atoms with van der Waals surface area (Å²) >= 11 is 3.44. The van der Waals surface area contributed by atoms with Gasteiger partial charge in [0.15, 0.2) is 0 Å². The average Bonchev–Trinajstić information content (AvgIpc) is 2.40. The highest BCUT2D eigenvalue weighted by Gasteiger charge is 2.19. The Morgan fingerprint density at radius 3 is 2.78 bits per heavy atom. The van der Waals surface area contributed by atoms with E-state index in [0.29, 0.717) is 11.8 Å². The van der Waals surface area contributed by atoms with Gasteiger partial charge in [-0.25, -0.2) is 0 Å². The Bertz CT molecular complexity index is 388. The van der Waals surface area contributed by atoms with Crippen molar-refractivity contribution >= 4 is 15.9 Å². The maximum Gasteiger partial charge on any atom is 0.120 e. The third-order valence-corrected chi connectivity index (χ3v) is 4.51. The molecule has 1 atom stereocenters. The van der Waals surface area contributed by atoms with E-state index < -0.39 is 0 Å². The molecule has 1 aromatic carbocycles. The third kappa shape index (κ3) is 3.72. The summed E-state index contributed by atoms with van der Waals surface area (Å²) in [6.07, 6.45) is 6.84. The van der Waals surface area contributed by atoms with Gasteiger partial charge in [0.1, 0.15) is 5.75 Å². The zero-order valence-electron chi connectivity index (χ0n) is 11.0. The predicted molar refractivity (Wildman–Crippen MR) is 78.7 cm³/mol. The van der Waals surface area contributed by atoms with Gasteiger partial charge in [0.25, 0.3) is 0 Å². The predicted octanol–water partition coefficient (Wildman–Crippen LogP) is 4.21. The van der Waals surface area contributed by atoms with Crippen molar-refractivity contribution in [2.75, 3.05) is 0 Å². The maximum atomic E-state index is 9.80. The number of aromatic hydroxyl groups is 1. The molecule has 3 heteroatoms. The van der Waals surface area contributed by atoms with Crippen molar-refractivity contribution in [1.29, 1.82) is 0 Å². The molecule has 0 unspecified atom stereocenters. The fourth-order valence-corrected chi connectivity index (χ4v) is 3.18. The normalized spacial score (nSPS) is 18.8. The number of rotatable bonds is 4. The van der Waals surface area contributed by atoms with Crippen LogP contribution in [0.3, 0.4) is 0 Å². The van der Waals surface area contributed by atoms with Crippen LogP contribution in [0.4, 0.5) is 0 Å². The lowest BCUT2D eigenvalue weighted by atomic mass is 9.84. The summed E-state index contributed by atoms with van der Waals surface area (Å²) in [5.41, 5.74) is 0.965. The van der Waals surface area contributed by atoms with Crippen LogP contribution in [-0.2, 0) is 6.54 Å². The number of phenolic OH excluding ortho intramolecular Hbond substituents is 1. The molecule has 0 heterocycles. The van der Waals surface area contributed by atoms with E-state index in [1.807, 2.05) is 12.1 Å². The van der Waals surface area contributed by atoms with E-state index in [0.717, 1.165) is 22.5 Å². The Balaban J connectivity index is 1.88. The number of phenols is 1. The summed E-state index contributed by atoms with van der Waals surface area (Å²) in [6.45, 7) is 3.01. The Hall–Kier alpha value is -0.540. The van der Waals surface area contributed by atoms with Gasteiger partial charge in [0, 0.05) is 22.6 Å². The van der Waals surface area contributed by atoms with Gasteiger partial charge in [-0.15, -0.1) is 0 Å². The Labute approximate surface area is 118 Å². The molecule has 0 aliphatic heterocycles. The number of halogens is 1. The lowest BCUT2D eigenvalue weighted by Gasteiger charge is -2.28. The van der Waals surface area contributed by atoms with Crippen LogP contribution in [-0.4, -0.2) is 11.1 Å². The molecule has 2 nitrogen and oxygen atoms in total. The van der Waals surface area contributed by atoms with E-state index in [1.54, 1.807) is 6.07 Å². The van der Waals surface area contributed by atoms with E-state index >= 15 is 0 Å². The van der Waals surface area contributed by atoms with Crippen LogP contribution in [0.5, 0.6) is 5.75 Å². The minimum atomic E-state index is 0.376. The van der Waals surface area contributed by atoms with E-state index in [2.05, 4.69) is 28.2 Å². The first kappa shape index (κ1) is 13.9. The first-order valence-electron chi connectivity index (χ1n) is 6.87. The number of hydrogen-bond donors (Lipinski definition) is 2. The molecule has 0 radical (unpaired) electrons. The molecular formula is C15H22BrNO.